The number of benzene rings is 1. The summed E-state index contributed by atoms with van der Waals surface area (Å²) in [6, 6.07) is 13.4. The van der Waals surface area contributed by atoms with Gasteiger partial charge in [-0.05, 0) is 31.4 Å². The maximum atomic E-state index is 13.4. The summed E-state index contributed by atoms with van der Waals surface area (Å²) in [7, 11) is 0. The molecule has 4 rings (SSSR count). The first-order chi connectivity index (χ1) is 13.1. The van der Waals surface area contributed by atoms with Crippen molar-refractivity contribution in [2.75, 3.05) is 26.3 Å². The molecule has 0 atom stereocenters. The molecule has 27 heavy (non-hydrogen) atoms. The van der Waals surface area contributed by atoms with Crippen LogP contribution in [0.5, 0.6) is 0 Å². The quantitative estimate of drug-likeness (QED) is 0.826. The molecule has 1 aromatic heterocycles. The topological polar surface area (TPSA) is 64.4 Å². The summed E-state index contributed by atoms with van der Waals surface area (Å²) in [5, 5.41) is 4.30. The van der Waals surface area contributed by atoms with Crippen molar-refractivity contribution >= 4 is 5.91 Å². The Morgan fingerprint density at radius 2 is 1.85 bits per heavy atom. The highest BCUT2D eigenvalue weighted by molar-refractivity contribution is 5.89. The highest BCUT2D eigenvalue weighted by atomic mass is 16.5. The fraction of sp³-hybridized carbons (Fsp3) is 0.476. The fourth-order valence-corrected chi connectivity index (χ4v) is 4.18. The molecule has 2 aromatic rings. The van der Waals surface area contributed by atoms with Crippen LogP contribution in [0.1, 0.15) is 24.1 Å². The highest BCUT2D eigenvalue weighted by Gasteiger charge is 2.46. The minimum atomic E-state index is -0.483. The number of aryl methyl sites for hydroxylation is 1. The fourth-order valence-electron chi connectivity index (χ4n) is 4.18. The molecule has 1 aromatic carbocycles. The maximum absolute atomic E-state index is 13.4. The van der Waals surface area contributed by atoms with E-state index in [4.69, 9.17) is 4.74 Å². The van der Waals surface area contributed by atoms with Gasteiger partial charge in [0.2, 0.25) is 5.91 Å². The van der Waals surface area contributed by atoms with Gasteiger partial charge in [0.25, 0.3) is 5.56 Å². The first kappa shape index (κ1) is 17.9. The normalized spacial score (nSPS) is 19.5. The Kier molecular flexibility index (Phi) is 4.83. The second-order valence-electron chi connectivity index (χ2n) is 7.63. The molecule has 0 spiro atoms. The number of aromatic nitrogens is 2. The van der Waals surface area contributed by atoms with Crippen molar-refractivity contribution in [2.45, 2.75) is 31.7 Å². The molecule has 1 amide bonds. The zero-order chi connectivity index (χ0) is 18.9. The van der Waals surface area contributed by atoms with Crippen LogP contribution >= 0.6 is 0 Å². The van der Waals surface area contributed by atoms with Gasteiger partial charge in [-0.3, -0.25) is 9.59 Å². The molecule has 0 saturated carbocycles. The molecule has 0 aliphatic carbocycles. The molecule has 0 bridgehead atoms. The minimum Gasteiger partial charge on any atom is -0.381 e. The lowest BCUT2D eigenvalue weighted by molar-refractivity contribution is -0.148. The van der Waals surface area contributed by atoms with Crippen molar-refractivity contribution in [2.24, 2.45) is 5.92 Å². The van der Waals surface area contributed by atoms with Crippen LogP contribution in [0.15, 0.2) is 47.3 Å². The van der Waals surface area contributed by atoms with Crippen LogP contribution in [0, 0.1) is 12.8 Å². The van der Waals surface area contributed by atoms with Gasteiger partial charge in [0.05, 0.1) is 17.7 Å². The van der Waals surface area contributed by atoms with E-state index >= 15 is 0 Å². The van der Waals surface area contributed by atoms with Crippen LogP contribution in [0.25, 0.3) is 0 Å². The van der Waals surface area contributed by atoms with Crippen molar-refractivity contribution < 1.29 is 9.53 Å². The van der Waals surface area contributed by atoms with Gasteiger partial charge < -0.3 is 9.64 Å². The molecule has 2 saturated heterocycles. The van der Waals surface area contributed by atoms with Crippen LogP contribution in [0.3, 0.4) is 0 Å². The van der Waals surface area contributed by atoms with Crippen LogP contribution in [0.2, 0.25) is 0 Å². The standard InChI is InChI=1S/C21H25N3O3/c1-16-7-8-19(25)24(22-16)15-17-13-23(14-17)20(26)21(9-11-27-12-10-21)18-5-3-2-4-6-18/h2-8,17H,9-15H2,1H3. The number of carbonyl (C=O) groups excluding carboxylic acids is 1. The van der Waals surface area contributed by atoms with Gasteiger partial charge >= 0.3 is 0 Å². The number of amides is 1. The van der Waals surface area contributed by atoms with E-state index in [2.05, 4.69) is 17.2 Å². The van der Waals surface area contributed by atoms with E-state index in [9.17, 15) is 9.59 Å². The third-order valence-corrected chi connectivity index (χ3v) is 5.76. The Morgan fingerprint density at radius 3 is 2.56 bits per heavy atom. The van der Waals surface area contributed by atoms with Crippen LogP contribution in [-0.2, 0) is 21.5 Å². The molecule has 2 fully saturated rings. The van der Waals surface area contributed by atoms with Crippen molar-refractivity contribution in [1.29, 1.82) is 0 Å². The predicted molar refractivity (Wildman–Crippen MR) is 101 cm³/mol. The van der Waals surface area contributed by atoms with E-state index in [-0.39, 0.29) is 17.4 Å². The summed E-state index contributed by atoms with van der Waals surface area (Å²) in [6.07, 6.45) is 1.44. The molecule has 6 heteroatoms. The lowest BCUT2D eigenvalue weighted by Gasteiger charge is -2.46. The Morgan fingerprint density at radius 1 is 1.15 bits per heavy atom. The monoisotopic (exact) mass is 367 g/mol. The summed E-state index contributed by atoms with van der Waals surface area (Å²) in [4.78, 5) is 27.3. The molecular weight excluding hydrogens is 342 g/mol. The summed E-state index contributed by atoms with van der Waals surface area (Å²) in [6.45, 7) is 5.01. The van der Waals surface area contributed by atoms with Gasteiger partial charge in [0.1, 0.15) is 0 Å². The number of nitrogens with zero attached hydrogens (tertiary/aromatic N) is 3. The third-order valence-electron chi connectivity index (χ3n) is 5.76. The van der Waals surface area contributed by atoms with Gasteiger partial charge in [0, 0.05) is 38.3 Å². The van der Waals surface area contributed by atoms with Crippen molar-refractivity contribution in [1.82, 2.24) is 14.7 Å². The van der Waals surface area contributed by atoms with Crippen molar-refractivity contribution in [3.63, 3.8) is 0 Å². The van der Waals surface area contributed by atoms with E-state index in [0.29, 0.717) is 32.8 Å². The van der Waals surface area contributed by atoms with Gasteiger partial charge in [0.15, 0.2) is 0 Å². The zero-order valence-electron chi connectivity index (χ0n) is 15.6. The zero-order valence-corrected chi connectivity index (χ0v) is 15.6. The van der Waals surface area contributed by atoms with E-state index in [1.807, 2.05) is 30.0 Å². The first-order valence-electron chi connectivity index (χ1n) is 9.56. The van der Waals surface area contributed by atoms with Gasteiger partial charge in [-0.1, -0.05) is 30.3 Å². The SMILES string of the molecule is Cc1ccc(=O)n(CC2CN(C(=O)C3(c4ccccc4)CCOCC3)C2)n1. The third kappa shape index (κ3) is 3.41. The van der Waals surface area contributed by atoms with Crippen molar-refractivity contribution in [3.05, 3.63) is 64.1 Å². The average molecular weight is 367 g/mol. The van der Waals surface area contributed by atoms with E-state index in [1.165, 1.54) is 4.68 Å². The molecule has 0 radical (unpaired) electrons. The highest BCUT2D eigenvalue weighted by Crippen LogP contribution is 2.38. The number of ether oxygens (including phenoxy) is 1. The lowest BCUT2D eigenvalue weighted by Crippen LogP contribution is -2.59. The van der Waals surface area contributed by atoms with Gasteiger partial charge in [-0.25, -0.2) is 4.68 Å². The van der Waals surface area contributed by atoms with E-state index < -0.39 is 5.41 Å². The second-order valence-corrected chi connectivity index (χ2v) is 7.63. The molecule has 0 unspecified atom stereocenters. The van der Waals surface area contributed by atoms with Crippen LogP contribution in [0.4, 0.5) is 0 Å². The average Bonchev–Trinajstić information content (AvgIpc) is 2.67. The lowest BCUT2D eigenvalue weighted by atomic mass is 9.72. The van der Waals surface area contributed by atoms with E-state index in [0.717, 1.165) is 24.1 Å². The summed E-state index contributed by atoms with van der Waals surface area (Å²) in [5.74, 6) is 0.464. The van der Waals surface area contributed by atoms with Gasteiger partial charge in [-0.2, -0.15) is 5.10 Å². The summed E-state index contributed by atoms with van der Waals surface area (Å²) in [5.41, 5.74) is 1.34. The number of hydrogen-bond acceptors (Lipinski definition) is 4. The summed E-state index contributed by atoms with van der Waals surface area (Å²) < 4.78 is 7.05. The van der Waals surface area contributed by atoms with Gasteiger partial charge in [-0.15, -0.1) is 0 Å². The summed E-state index contributed by atoms with van der Waals surface area (Å²) >= 11 is 0. The molecule has 2 aliphatic rings. The molecule has 142 valence electrons. The van der Waals surface area contributed by atoms with Crippen LogP contribution in [-0.4, -0.2) is 46.9 Å². The largest absolute Gasteiger partial charge is 0.381 e. The molecular formula is C21H25N3O3. The Balaban J connectivity index is 1.47. The minimum absolute atomic E-state index is 0.0874. The predicted octanol–water partition coefficient (Wildman–Crippen LogP) is 1.76. The number of hydrogen-bond donors (Lipinski definition) is 0. The number of carbonyl (C=O) groups is 1. The molecule has 2 aliphatic heterocycles. The molecule has 0 N–H and O–H groups in total. The maximum Gasteiger partial charge on any atom is 0.266 e. The molecule has 3 heterocycles. The Labute approximate surface area is 158 Å². The van der Waals surface area contributed by atoms with Crippen LogP contribution < -0.4 is 5.56 Å². The number of rotatable bonds is 4. The smallest absolute Gasteiger partial charge is 0.266 e. The van der Waals surface area contributed by atoms with E-state index in [1.54, 1.807) is 12.1 Å². The second kappa shape index (κ2) is 7.27. The Hall–Kier alpha value is -2.47. The number of likely N-dealkylation sites (tertiary alicyclic amines) is 1. The first-order valence-corrected chi connectivity index (χ1v) is 9.56. The molecule has 6 nitrogen and oxygen atoms in total. The van der Waals surface area contributed by atoms with Crippen molar-refractivity contribution in [3.8, 4) is 0 Å². The Bertz CT molecular complexity index is 866.